The van der Waals surface area contributed by atoms with Crippen LogP contribution in [0, 0.1) is 0 Å². The van der Waals surface area contributed by atoms with Gasteiger partial charge in [0.2, 0.25) is 0 Å². The van der Waals surface area contributed by atoms with Gasteiger partial charge in [-0.1, -0.05) is 24.3 Å². The molecule has 0 amide bonds. The third-order valence-electron chi connectivity index (χ3n) is 2.15. The van der Waals surface area contributed by atoms with Gasteiger partial charge < -0.3 is 4.90 Å². The fourth-order valence-electron chi connectivity index (χ4n) is 1.39. The van der Waals surface area contributed by atoms with Crippen LogP contribution in [0.15, 0.2) is 49.6 Å². The minimum absolute atomic E-state index is 0.219. The second kappa shape index (κ2) is 7.09. The predicted octanol–water partition coefficient (Wildman–Crippen LogP) is 2.50. The second-order valence-corrected chi connectivity index (χ2v) is 6.05. The van der Waals surface area contributed by atoms with Gasteiger partial charge in [-0.15, -0.1) is 13.2 Å². The Morgan fingerprint density at radius 2 is 1.67 bits per heavy atom. The van der Waals surface area contributed by atoms with Crippen LogP contribution < -0.4 is 8.59 Å². The maximum Gasteiger partial charge on any atom is 0.506 e. The van der Waals surface area contributed by atoms with Gasteiger partial charge in [-0.3, -0.25) is 12.9 Å². The Morgan fingerprint density at radius 1 is 1.13 bits per heavy atom. The van der Waals surface area contributed by atoms with Crippen LogP contribution in [-0.4, -0.2) is 31.3 Å². The molecule has 0 spiro atoms. The lowest BCUT2D eigenvalue weighted by atomic mass is 10.3. The zero-order chi connectivity index (χ0) is 11.1. The highest BCUT2D eigenvalue weighted by Gasteiger charge is 2.02. The highest BCUT2D eigenvalue weighted by atomic mass is 79.9. The topological polar surface area (TPSA) is 3.24 Å². The SMILES string of the molecule is C=CCN(CC=C)c1cc[c]([Mg][Br])cc1. The van der Waals surface area contributed by atoms with E-state index in [0.717, 1.165) is 13.1 Å². The summed E-state index contributed by atoms with van der Waals surface area (Å²) in [6.45, 7) is 9.25. The number of hydrogen-bond donors (Lipinski definition) is 0. The summed E-state index contributed by atoms with van der Waals surface area (Å²) < 4.78 is 1.43. The summed E-state index contributed by atoms with van der Waals surface area (Å²) in [5, 5.41) is 0. The monoisotopic (exact) mass is 275 g/mol. The van der Waals surface area contributed by atoms with Crippen LogP contribution in [0.3, 0.4) is 0 Å². The van der Waals surface area contributed by atoms with Crippen molar-refractivity contribution in [2.24, 2.45) is 0 Å². The average Bonchev–Trinajstić information content (AvgIpc) is 2.29. The van der Waals surface area contributed by atoms with Crippen molar-refractivity contribution in [1.29, 1.82) is 0 Å². The number of anilines is 1. The van der Waals surface area contributed by atoms with Crippen molar-refractivity contribution in [2.75, 3.05) is 18.0 Å². The van der Waals surface area contributed by atoms with E-state index < -0.39 is 0 Å². The minimum atomic E-state index is -0.219. The Hall–Kier alpha value is -0.254. The third-order valence-corrected chi connectivity index (χ3v) is 4.88. The minimum Gasteiger partial charge on any atom is -0.364 e. The van der Waals surface area contributed by atoms with Crippen molar-refractivity contribution in [2.45, 2.75) is 0 Å². The summed E-state index contributed by atoms with van der Waals surface area (Å²) in [5.41, 5.74) is 1.23. The Morgan fingerprint density at radius 3 is 2.07 bits per heavy atom. The van der Waals surface area contributed by atoms with Crippen molar-refractivity contribution in [3.8, 4) is 0 Å². The van der Waals surface area contributed by atoms with E-state index in [2.05, 4.69) is 55.2 Å². The van der Waals surface area contributed by atoms with E-state index in [1.54, 1.807) is 0 Å². The molecule has 0 bridgehead atoms. The zero-order valence-corrected chi connectivity index (χ0v) is 11.8. The molecule has 0 atom stereocenters. The van der Waals surface area contributed by atoms with E-state index >= 15 is 0 Å². The van der Waals surface area contributed by atoms with E-state index in [1.165, 1.54) is 9.38 Å². The van der Waals surface area contributed by atoms with Crippen LogP contribution >= 0.6 is 12.9 Å². The van der Waals surface area contributed by atoms with Gasteiger partial charge in [-0.2, -0.15) is 3.69 Å². The molecule has 1 nitrogen and oxygen atoms in total. The van der Waals surface area contributed by atoms with Crippen molar-refractivity contribution < 1.29 is 0 Å². The maximum atomic E-state index is 3.77. The van der Waals surface area contributed by atoms with Gasteiger partial charge in [-0.25, -0.2) is 0 Å². The van der Waals surface area contributed by atoms with Gasteiger partial charge in [0.05, 0.1) is 0 Å². The van der Waals surface area contributed by atoms with Crippen LogP contribution in [0.25, 0.3) is 0 Å². The molecule has 0 aliphatic rings. The highest BCUT2D eigenvalue weighted by molar-refractivity contribution is 9.23. The largest absolute Gasteiger partial charge is 0.506 e. The molecule has 0 aromatic heterocycles. The molecule has 0 saturated carbocycles. The summed E-state index contributed by atoms with van der Waals surface area (Å²) in [6, 6.07) is 8.71. The fourth-order valence-corrected chi connectivity index (χ4v) is 2.93. The van der Waals surface area contributed by atoms with E-state index in [4.69, 9.17) is 0 Å². The van der Waals surface area contributed by atoms with Gasteiger partial charge in [-0.05, 0) is 12.1 Å². The molecule has 0 fully saturated rings. The maximum absolute atomic E-state index is 3.77. The van der Waals surface area contributed by atoms with E-state index in [0.29, 0.717) is 0 Å². The molecule has 76 valence electrons. The zero-order valence-electron chi connectivity index (χ0n) is 8.82. The first-order chi connectivity index (χ1) is 7.31. The standard InChI is InChI=1S/C12H14N.BrH.Mg/c1-3-10-13(11-4-2)12-8-6-5-7-9-12;;/h3-4,6-9H,1-2,10-11H2;1H;/q;;+1/p-1. The van der Waals surface area contributed by atoms with Gasteiger partial charge in [0.25, 0.3) is 0 Å². The van der Waals surface area contributed by atoms with Crippen LogP contribution in [0.4, 0.5) is 5.69 Å². The Balaban J connectivity index is 2.80. The Bertz CT molecular complexity index is 311. The molecule has 1 aromatic rings. The van der Waals surface area contributed by atoms with Gasteiger partial charge in [0, 0.05) is 18.8 Å². The molecule has 3 heteroatoms. The number of halogens is 1. The molecular formula is C12H14BrMgN. The third kappa shape index (κ3) is 4.01. The van der Waals surface area contributed by atoms with Gasteiger partial charge in [0.15, 0.2) is 0 Å². The molecule has 1 aromatic carbocycles. The molecule has 0 aliphatic carbocycles. The predicted molar refractivity (Wildman–Crippen MR) is 73.4 cm³/mol. The molecule has 0 heterocycles. The van der Waals surface area contributed by atoms with Gasteiger partial charge in [0.1, 0.15) is 0 Å². The van der Waals surface area contributed by atoms with Crippen molar-refractivity contribution in [3.63, 3.8) is 0 Å². The second-order valence-electron chi connectivity index (χ2n) is 3.28. The molecule has 0 aliphatic heterocycles. The Kier molecular flexibility index (Phi) is 6.06. The number of benzene rings is 1. The van der Waals surface area contributed by atoms with E-state index in [-0.39, 0.29) is 18.2 Å². The van der Waals surface area contributed by atoms with Crippen LogP contribution in [0.5, 0.6) is 0 Å². The van der Waals surface area contributed by atoms with Gasteiger partial charge >= 0.3 is 18.2 Å². The van der Waals surface area contributed by atoms with E-state index in [1.807, 2.05) is 12.2 Å². The first-order valence-electron chi connectivity index (χ1n) is 4.93. The number of rotatable bonds is 6. The molecule has 1 rings (SSSR count). The van der Waals surface area contributed by atoms with Crippen molar-refractivity contribution >= 4 is 40.5 Å². The first-order valence-corrected chi connectivity index (χ1v) is 9.54. The quantitative estimate of drug-likeness (QED) is 0.570. The lowest BCUT2D eigenvalue weighted by Gasteiger charge is -2.21. The lowest BCUT2D eigenvalue weighted by molar-refractivity contribution is 0.957. The molecular weight excluding hydrogens is 262 g/mol. The lowest BCUT2D eigenvalue weighted by Crippen LogP contribution is -2.23. The normalized spacial score (nSPS) is 9.13. The molecule has 0 radical (unpaired) electrons. The average molecular weight is 276 g/mol. The van der Waals surface area contributed by atoms with Crippen LogP contribution in [0.1, 0.15) is 0 Å². The summed E-state index contributed by atoms with van der Waals surface area (Å²) in [6.07, 6.45) is 3.83. The molecule has 0 saturated heterocycles. The van der Waals surface area contributed by atoms with Crippen LogP contribution in [-0.2, 0) is 0 Å². The fraction of sp³-hybridized carbons (Fsp3) is 0.167. The number of nitrogens with zero attached hydrogens (tertiary/aromatic N) is 1. The number of hydrogen-bond acceptors (Lipinski definition) is 1. The van der Waals surface area contributed by atoms with Crippen molar-refractivity contribution in [3.05, 3.63) is 49.6 Å². The summed E-state index contributed by atoms with van der Waals surface area (Å²) in [5.74, 6) is 0. The summed E-state index contributed by atoms with van der Waals surface area (Å²) >= 11 is 3.35. The summed E-state index contributed by atoms with van der Waals surface area (Å²) in [7, 11) is 0. The van der Waals surface area contributed by atoms with Crippen molar-refractivity contribution in [1.82, 2.24) is 0 Å². The highest BCUT2D eigenvalue weighted by Crippen LogP contribution is 2.12. The van der Waals surface area contributed by atoms with E-state index in [9.17, 15) is 0 Å². The molecule has 0 N–H and O–H groups in total. The molecule has 15 heavy (non-hydrogen) atoms. The van der Waals surface area contributed by atoms with Crippen LogP contribution in [0.2, 0.25) is 0 Å². The smallest absolute Gasteiger partial charge is 0.364 e. The summed E-state index contributed by atoms with van der Waals surface area (Å²) in [4.78, 5) is 2.24. The molecule has 0 unspecified atom stereocenters. The first kappa shape index (κ1) is 12.8. The Labute approximate surface area is 107 Å².